The first kappa shape index (κ1) is 16.4. The van der Waals surface area contributed by atoms with Crippen LogP contribution in [0.2, 0.25) is 0 Å². The van der Waals surface area contributed by atoms with Gasteiger partial charge >= 0.3 is 0 Å². The smallest absolute Gasteiger partial charge is 0.273 e. The molecule has 2 aromatic heterocycles. The largest absolute Gasteiger partial charge is 0.350 e. The van der Waals surface area contributed by atoms with E-state index in [4.69, 9.17) is 0 Å². The van der Waals surface area contributed by atoms with Crippen molar-refractivity contribution in [2.45, 2.75) is 27.2 Å². The highest BCUT2D eigenvalue weighted by Crippen LogP contribution is 2.16. The van der Waals surface area contributed by atoms with Gasteiger partial charge in [-0.15, -0.1) is 16.4 Å². The molecule has 0 atom stereocenters. The lowest BCUT2D eigenvalue weighted by atomic mass is 10.1. The molecule has 0 fully saturated rings. The van der Waals surface area contributed by atoms with Gasteiger partial charge in [0.15, 0.2) is 5.69 Å². The van der Waals surface area contributed by atoms with Crippen LogP contribution >= 0.6 is 11.3 Å². The zero-order chi connectivity index (χ0) is 17.1. The van der Waals surface area contributed by atoms with Gasteiger partial charge in [0, 0.05) is 11.4 Å². The first-order chi connectivity index (χ1) is 11.6. The molecule has 3 rings (SSSR count). The highest BCUT2D eigenvalue weighted by molar-refractivity contribution is 7.09. The van der Waals surface area contributed by atoms with E-state index in [1.165, 1.54) is 16.0 Å². The number of amides is 1. The Balaban J connectivity index is 1.71. The number of hydrogen-bond acceptors (Lipinski definition) is 4. The van der Waals surface area contributed by atoms with Crippen molar-refractivity contribution in [2.75, 3.05) is 6.54 Å². The number of benzene rings is 1. The van der Waals surface area contributed by atoms with Gasteiger partial charge in [-0.3, -0.25) is 4.79 Å². The van der Waals surface area contributed by atoms with Crippen molar-refractivity contribution in [3.05, 3.63) is 63.1 Å². The number of thiophene rings is 1. The molecule has 2 heterocycles. The van der Waals surface area contributed by atoms with Crippen molar-refractivity contribution >= 4 is 17.2 Å². The minimum atomic E-state index is -0.181. The van der Waals surface area contributed by atoms with Gasteiger partial charge in [0.2, 0.25) is 0 Å². The van der Waals surface area contributed by atoms with Crippen molar-refractivity contribution < 1.29 is 4.79 Å². The Hall–Kier alpha value is -2.47. The summed E-state index contributed by atoms with van der Waals surface area (Å²) in [4.78, 5) is 13.6. The van der Waals surface area contributed by atoms with Crippen LogP contribution in [0.3, 0.4) is 0 Å². The van der Waals surface area contributed by atoms with Crippen LogP contribution in [0.25, 0.3) is 5.69 Å². The van der Waals surface area contributed by atoms with Gasteiger partial charge in [-0.2, -0.15) is 0 Å². The summed E-state index contributed by atoms with van der Waals surface area (Å²) in [5.41, 5.74) is 4.44. The van der Waals surface area contributed by atoms with Crippen LogP contribution in [-0.4, -0.2) is 27.4 Å². The van der Waals surface area contributed by atoms with E-state index in [1.807, 2.05) is 30.5 Å². The number of nitrogens with one attached hydrogen (secondary N) is 1. The second-order valence-electron chi connectivity index (χ2n) is 5.79. The molecule has 1 N–H and O–H groups in total. The van der Waals surface area contributed by atoms with E-state index in [0.29, 0.717) is 12.2 Å². The normalized spacial score (nSPS) is 10.8. The van der Waals surface area contributed by atoms with Crippen LogP contribution in [0.5, 0.6) is 0 Å². The minimum Gasteiger partial charge on any atom is -0.350 e. The molecule has 0 saturated carbocycles. The number of hydrogen-bond donors (Lipinski definition) is 1. The zero-order valence-corrected chi connectivity index (χ0v) is 14.9. The maximum Gasteiger partial charge on any atom is 0.273 e. The number of carbonyl (C=O) groups excluding carboxylic acids is 1. The molecule has 0 saturated heterocycles. The molecule has 0 radical (unpaired) electrons. The Morgan fingerprint density at radius 1 is 1.21 bits per heavy atom. The number of rotatable bonds is 5. The zero-order valence-electron chi connectivity index (χ0n) is 14.0. The van der Waals surface area contributed by atoms with Gasteiger partial charge < -0.3 is 5.32 Å². The molecule has 0 aliphatic carbocycles. The maximum atomic E-state index is 12.3. The van der Waals surface area contributed by atoms with Crippen LogP contribution < -0.4 is 5.32 Å². The lowest BCUT2D eigenvalue weighted by Crippen LogP contribution is -2.26. The van der Waals surface area contributed by atoms with E-state index in [9.17, 15) is 4.79 Å². The second kappa shape index (κ2) is 6.97. The maximum absolute atomic E-state index is 12.3. The van der Waals surface area contributed by atoms with Gasteiger partial charge in [0.1, 0.15) is 0 Å². The van der Waals surface area contributed by atoms with Crippen molar-refractivity contribution in [2.24, 2.45) is 0 Å². The summed E-state index contributed by atoms with van der Waals surface area (Å²) in [5, 5.41) is 13.2. The third-order valence-corrected chi connectivity index (χ3v) is 5.02. The Labute approximate surface area is 145 Å². The molecule has 0 aliphatic heterocycles. The fourth-order valence-electron chi connectivity index (χ4n) is 2.48. The summed E-state index contributed by atoms with van der Waals surface area (Å²) < 4.78 is 1.71. The standard InChI is InChI=1S/C18H20N4OS/c1-12-6-7-15(11-13(12)2)22-14(3)17(20-21-22)18(23)19-9-8-16-5-4-10-24-16/h4-7,10-11H,8-9H2,1-3H3,(H,19,23). The van der Waals surface area contributed by atoms with Crippen molar-refractivity contribution in [3.8, 4) is 5.69 Å². The van der Waals surface area contributed by atoms with E-state index in [-0.39, 0.29) is 5.91 Å². The molecular formula is C18H20N4OS. The van der Waals surface area contributed by atoms with Gasteiger partial charge in [0.25, 0.3) is 5.91 Å². The second-order valence-corrected chi connectivity index (χ2v) is 6.82. The molecule has 3 aromatic rings. The molecule has 1 amide bonds. The predicted octanol–water partition coefficient (Wildman–Crippen LogP) is 3.23. The fourth-order valence-corrected chi connectivity index (χ4v) is 3.19. The number of nitrogens with zero attached hydrogens (tertiary/aromatic N) is 3. The van der Waals surface area contributed by atoms with Gasteiger partial charge in [0.05, 0.1) is 11.4 Å². The Kier molecular flexibility index (Phi) is 4.76. The molecule has 124 valence electrons. The molecule has 24 heavy (non-hydrogen) atoms. The van der Waals surface area contributed by atoms with E-state index in [1.54, 1.807) is 16.0 Å². The van der Waals surface area contributed by atoms with Crippen molar-refractivity contribution in [1.29, 1.82) is 0 Å². The summed E-state index contributed by atoms with van der Waals surface area (Å²) in [7, 11) is 0. The first-order valence-electron chi connectivity index (χ1n) is 7.87. The van der Waals surface area contributed by atoms with Crippen LogP contribution in [0.15, 0.2) is 35.7 Å². The molecule has 5 nitrogen and oxygen atoms in total. The number of aromatic nitrogens is 3. The van der Waals surface area contributed by atoms with E-state index >= 15 is 0 Å². The molecular weight excluding hydrogens is 320 g/mol. The van der Waals surface area contributed by atoms with E-state index in [0.717, 1.165) is 17.8 Å². The summed E-state index contributed by atoms with van der Waals surface area (Å²) in [6, 6.07) is 10.2. The average molecular weight is 340 g/mol. The van der Waals surface area contributed by atoms with Gasteiger partial charge in [-0.25, -0.2) is 4.68 Å². The first-order valence-corrected chi connectivity index (χ1v) is 8.74. The Morgan fingerprint density at radius 3 is 2.75 bits per heavy atom. The lowest BCUT2D eigenvalue weighted by molar-refractivity contribution is 0.0948. The lowest BCUT2D eigenvalue weighted by Gasteiger charge is -2.07. The molecule has 0 spiro atoms. The monoisotopic (exact) mass is 340 g/mol. The predicted molar refractivity (Wildman–Crippen MR) is 95.9 cm³/mol. The molecule has 0 aliphatic rings. The summed E-state index contributed by atoms with van der Waals surface area (Å²) in [6.07, 6.45) is 0.827. The molecule has 1 aromatic carbocycles. The molecule has 0 unspecified atom stereocenters. The van der Waals surface area contributed by atoms with Crippen molar-refractivity contribution in [1.82, 2.24) is 20.3 Å². The highest BCUT2D eigenvalue weighted by atomic mass is 32.1. The van der Waals surface area contributed by atoms with Gasteiger partial charge in [-0.1, -0.05) is 17.3 Å². The SMILES string of the molecule is Cc1ccc(-n2nnc(C(=O)NCCc3cccs3)c2C)cc1C. The van der Waals surface area contributed by atoms with Crippen LogP contribution in [0.4, 0.5) is 0 Å². The minimum absolute atomic E-state index is 0.181. The third kappa shape index (κ3) is 3.38. The summed E-state index contributed by atoms with van der Waals surface area (Å²) >= 11 is 1.69. The fraction of sp³-hybridized carbons (Fsp3) is 0.278. The van der Waals surface area contributed by atoms with Crippen molar-refractivity contribution in [3.63, 3.8) is 0 Å². The van der Waals surface area contributed by atoms with E-state index < -0.39 is 0 Å². The Bertz CT molecular complexity index is 852. The number of carbonyl (C=O) groups is 1. The van der Waals surface area contributed by atoms with Crippen LogP contribution in [-0.2, 0) is 6.42 Å². The van der Waals surface area contributed by atoms with Gasteiger partial charge in [-0.05, 0) is 61.9 Å². The Morgan fingerprint density at radius 2 is 2.04 bits per heavy atom. The topological polar surface area (TPSA) is 59.8 Å². The third-order valence-electron chi connectivity index (χ3n) is 4.08. The summed E-state index contributed by atoms with van der Waals surface area (Å²) in [5.74, 6) is -0.181. The number of aryl methyl sites for hydroxylation is 2. The quantitative estimate of drug-likeness (QED) is 0.776. The molecule has 0 bridgehead atoms. The van der Waals surface area contributed by atoms with E-state index in [2.05, 4.69) is 41.6 Å². The molecule has 6 heteroatoms. The van der Waals surface area contributed by atoms with Crippen LogP contribution in [0, 0.1) is 20.8 Å². The summed E-state index contributed by atoms with van der Waals surface area (Å²) in [6.45, 7) is 6.59. The highest BCUT2D eigenvalue weighted by Gasteiger charge is 2.17. The average Bonchev–Trinajstić information content (AvgIpc) is 3.20. The van der Waals surface area contributed by atoms with Crippen LogP contribution in [0.1, 0.15) is 32.2 Å².